The Labute approximate surface area is 103 Å². The first-order valence-corrected chi connectivity index (χ1v) is 5.73. The molecule has 16 heavy (non-hydrogen) atoms. The summed E-state index contributed by atoms with van der Waals surface area (Å²) in [6.45, 7) is 0.633. The van der Waals surface area contributed by atoms with Gasteiger partial charge in [-0.2, -0.15) is 0 Å². The molecule has 0 heterocycles. The van der Waals surface area contributed by atoms with Crippen molar-refractivity contribution in [2.24, 2.45) is 5.73 Å². The molecule has 0 fully saturated rings. The Bertz CT molecular complexity index is 402. The van der Waals surface area contributed by atoms with Crippen molar-refractivity contribution >= 4 is 28.0 Å². The summed E-state index contributed by atoms with van der Waals surface area (Å²) in [4.78, 5) is 11.3. The van der Waals surface area contributed by atoms with Gasteiger partial charge in [-0.1, -0.05) is 34.1 Å². The van der Waals surface area contributed by atoms with Crippen molar-refractivity contribution < 1.29 is 9.53 Å². The highest BCUT2D eigenvalue weighted by Crippen LogP contribution is 2.20. The van der Waals surface area contributed by atoms with Crippen molar-refractivity contribution in [3.05, 3.63) is 39.9 Å². The maximum atomic E-state index is 11.3. The van der Waals surface area contributed by atoms with Crippen molar-refractivity contribution in [2.45, 2.75) is 6.42 Å². The molecule has 1 aromatic carbocycles. The SMILES string of the molecule is COC(=O)c1ccc(C=CCCN)c(Br)c1. The Hall–Kier alpha value is -1.13. The van der Waals surface area contributed by atoms with Crippen LogP contribution < -0.4 is 5.73 Å². The Balaban J connectivity index is 2.87. The normalized spacial score (nSPS) is 10.7. The number of methoxy groups -OCH3 is 1. The second kappa shape index (κ2) is 6.45. The Morgan fingerprint density at radius 3 is 2.88 bits per heavy atom. The summed E-state index contributed by atoms with van der Waals surface area (Å²) in [7, 11) is 1.37. The molecule has 0 saturated carbocycles. The Morgan fingerprint density at radius 1 is 1.56 bits per heavy atom. The van der Waals surface area contributed by atoms with Crippen LogP contribution in [0, 0.1) is 0 Å². The molecule has 86 valence electrons. The van der Waals surface area contributed by atoms with E-state index < -0.39 is 0 Å². The van der Waals surface area contributed by atoms with E-state index in [-0.39, 0.29) is 5.97 Å². The predicted octanol–water partition coefficient (Wildman–Crippen LogP) is 2.60. The summed E-state index contributed by atoms with van der Waals surface area (Å²) >= 11 is 3.41. The second-order valence-corrected chi connectivity index (χ2v) is 4.06. The van der Waals surface area contributed by atoms with E-state index in [0.29, 0.717) is 12.1 Å². The molecule has 0 aliphatic rings. The van der Waals surface area contributed by atoms with Crippen molar-refractivity contribution in [2.75, 3.05) is 13.7 Å². The Kier molecular flexibility index (Phi) is 5.22. The number of carbonyl (C=O) groups excluding carboxylic acids is 1. The monoisotopic (exact) mass is 283 g/mol. The third-order valence-corrected chi connectivity index (χ3v) is 2.74. The highest BCUT2D eigenvalue weighted by molar-refractivity contribution is 9.10. The van der Waals surface area contributed by atoms with E-state index in [0.717, 1.165) is 16.5 Å². The lowest BCUT2D eigenvalue weighted by atomic mass is 10.1. The number of hydrogen-bond donors (Lipinski definition) is 1. The molecule has 0 radical (unpaired) electrons. The minimum absolute atomic E-state index is 0.335. The lowest BCUT2D eigenvalue weighted by Gasteiger charge is -2.02. The van der Waals surface area contributed by atoms with Crippen molar-refractivity contribution in [3.8, 4) is 0 Å². The molecule has 0 amide bonds. The van der Waals surface area contributed by atoms with Crippen molar-refractivity contribution in [3.63, 3.8) is 0 Å². The molecule has 0 aliphatic heterocycles. The van der Waals surface area contributed by atoms with Crippen LogP contribution in [0.3, 0.4) is 0 Å². The lowest BCUT2D eigenvalue weighted by molar-refractivity contribution is 0.0600. The van der Waals surface area contributed by atoms with Gasteiger partial charge in [0.15, 0.2) is 0 Å². The van der Waals surface area contributed by atoms with Gasteiger partial charge in [0.2, 0.25) is 0 Å². The van der Waals surface area contributed by atoms with E-state index in [2.05, 4.69) is 20.7 Å². The summed E-state index contributed by atoms with van der Waals surface area (Å²) in [6, 6.07) is 5.34. The van der Waals surface area contributed by atoms with E-state index in [4.69, 9.17) is 5.73 Å². The Morgan fingerprint density at radius 2 is 2.31 bits per heavy atom. The fourth-order valence-electron chi connectivity index (χ4n) is 1.21. The van der Waals surface area contributed by atoms with Crippen molar-refractivity contribution in [1.82, 2.24) is 0 Å². The molecule has 0 aliphatic carbocycles. The van der Waals surface area contributed by atoms with E-state index in [1.807, 2.05) is 18.2 Å². The van der Waals surface area contributed by atoms with Gasteiger partial charge in [0, 0.05) is 4.47 Å². The standard InChI is InChI=1S/C12H14BrNO2/c1-16-12(15)10-6-5-9(11(13)8-10)4-2-3-7-14/h2,4-6,8H,3,7,14H2,1H3. The number of hydrogen-bond acceptors (Lipinski definition) is 3. The van der Waals surface area contributed by atoms with Crippen molar-refractivity contribution in [1.29, 1.82) is 0 Å². The highest BCUT2D eigenvalue weighted by atomic mass is 79.9. The average Bonchev–Trinajstić information content (AvgIpc) is 2.30. The molecule has 0 aromatic heterocycles. The summed E-state index contributed by atoms with van der Waals surface area (Å²) in [5, 5.41) is 0. The van der Waals surface area contributed by atoms with Gasteiger partial charge < -0.3 is 10.5 Å². The third-order valence-electron chi connectivity index (χ3n) is 2.05. The summed E-state index contributed by atoms with van der Waals surface area (Å²) in [6.07, 6.45) is 4.81. The molecule has 0 bridgehead atoms. The van der Waals surface area contributed by atoms with E-state index in [1.54, 1.807) is 12.1 Å². The molecule has 0 unspecified atom stereocenters. The van der Waals surface area contributed by atoms with E-state index in [1.165, 1.54) is 7.11 Å². The minimum Gasteiger partial charge on any atom is -0.465 e. The second-order valence-electron chi connectivity index (χ2n) is 3.21. The summed E-state index contributed by atoms with van der Waals surface area (Å²) < 4.78 is 5.50. The molecule has 3 nitrogen and oxygen atoms in total. The lowest BCUT2D eigenvalue weighted by Crippen LogP contribution is -2.00. The third kappa shape index (κ3) is 3.47. The van der Waals surface area contributed by atoms with Crippen LogP contribution >= 0.6 is 15.9 Å². The van der Waals surface area contributed by atoms with Crippen LogP contribution in [-0.2, 0) is 4.74 Å². The molecule has 0 saturated heterocycles. The van der Waals surface area contributed by atoms with E-state index in [9.17, 15) is 4.79 Å². The number of benzene rings is 1. The van der Waals surface area contributed by atoms with Gasteiger partial charge >= 0.3 is 5.97 Å². The van der Waals surface area contributed by atoms with E-state index >= 15 is 0 Å². The highest BCUT2D eigenvalue weighted by Gasteiger charge is 2.06. The van der Waals surface area contributed by atoms with Gasteiger partial charge in [-0.3, -0.25) is 0 Å². The molecular formula is C12H14BrNO2. The molecule has 0 atom stereocenters. The number of carbonyl (C=O) groups is 1. The van der Waals surface area contributed by atoms with Crippen LogP contribution in [0.5, 0.6) is 0 Å². The van der Waals surface area contributed by atoms with Crippen LogP contribution in [0.25, 0.3) is 6.08 Å². The summed E-state index contributed by atoms with van der Waals surface area (Å²) in [5.74, 6) is -0.335. The fourth-order valence-corrected chi connectivity index (χ4v) is 1.72. The molecular weight excluding hydrogens is 270 g/mol. The topological polar surface area (TPSA) is 52.3 Å². The van der Waals surface area contributed by atoms with Gasteiger partial charge in [0.05, 0.1) is 12.7 Å². The average molecular weight is 284 g/mol. The van der Waals surface area contributed by atoms with Gasteiger partial charge in [-0.15, -0.1) is 0 Å². The molecule has 2 N–H and O–H groups in total. The first-order chi connectivity index (χ1) is 7.69. The molecule has 1 rings (SSSR count). The number of halogens is 1. The number of nitrogens with two attached hydrogens (primary N) is 1. The molecule has 4 heteroatoms. The largest absolute Gasteiger partial charge is 0.465 e. The number of ether oxygens (including phenoxy) is 1. The van der Waals surface area contributed by atoms with Crippen LogP contribution in [0.15, 0.2) is 28.7 Å². The first-order valence-electron chi connectivity index (χ1n) is 4.93. The summed E-state index contributed by atoms with van der Waals surface area (Å²) in [5.41, 5.74) is 6.94. The van der Waals surface area contributed by atoms with Gasteiger partial charge in [0.1, 0.15) is 0 Å². The van der Waals surface area contributed by atoms with Gasteiger partial charge in [0.25, 0.3) is 0 Å². The quantitative estimate of drug-likeness (QED) is 0.865. The van der Waals surface area contributed by atoms with Gasteiger partial charge in [-0.25, -0.2) is 4.79 Å². The number of esters is 1. The molecule has 1 aromatic rings. The van der Waals surface area contributed by atoms with Crippen LogP contribution in [0.1, 0.15) is 22.3 Å². The minimum atomic E-state index is -0.335. The smallest absolute Gasteiger partial charge is 0.337 e. The van der Waals surface area contributed by atoms with Gasteiger partial charge in [-0.05, 0) is 30.7 Å². The van der Waals surface area contributed by atoms with Crippen LogP contribution in [0.4, 0.5) is 0 Å². The van der Waals surface area contributed by atoms with Crippen LogP contribution in [-0.4, -0.2) is 19.6 Å². The maximum Gasteiger partial charge on any atom is 0.337 e. The predicted molar refractivity (Wildman–Crippen MR) is 68.2 cm³/mol. The first kappa shape index (κ1) is 12.9. The van der Waals surface area contributed by atoms with Crippen LogP contribution in [0.2, 0.25) is 0 Å². The zero-order chi connectivity index (χ0) is 12.0. The number of rotatable bonds is 4. The fraction of sp³-hybridized carbons (Fsp3) is 0.250. The zero-order valence-corrected chi connectivity index (χ0v) is 10.7. The maximum absolute atomic E-state index is 11.3. The molecule has 0 spiro atoms. The zero-order valence-electron chi connectivity index (χ0n) is 9.07.